The fourth-order valence-electron chi connectivity index (χ4n) is 7.97. The van der Waals surface area contributed by atoms with Gasteiger partial charge in [-0.2, -0.15) is 5.10 Å². The molecule has 1 N–H and O–H groups in total. The van der Waals surface area contributed by atoms with Gasteiger partial charge in [-0.15, -0.1) is 0 Å². The minimum absolute atomic E-state index is 0.0172. The van der Waals surface area contributed by atoms with Crippen LogP contribution in [0.25, 0.3) is 0 Å². The molecule has 1 saturated heterocycles. The van der Waals surface area contributed by atoms with Crippen LogP contribution in [0, 0.1) is 17.7 Å². The molecular weight excluding hydrogens is 495 g/mol. The van der Waals surface area contributed by atoms with Crippen LogP contribution in [0.3, 0.4) is 0 Å². The number of nitrogens with zero attached hydrogens (tertiary/aromatic N) is 4. The quantitative estimate of drug-likeness (QED) is 0.486. The second kappa shape index (κ2) is 11.2. The Bertz CT molecular complexity index is 1170. The summed E-state index contributed by atoms with van der Waals surface area (Å²) in [6.45, 7) is 9.89. The van der Waals surface area contributed by atoms with Crippen LogP contribution in [0.5, 0.6) is 5.88 Å². The van der Waals surface area contributed by atoms with E-state index >= 15 is 0 Å². The second-order valence-corrected chi connectivity index (χ2v) is 12.5. The van der Waals surface area contributed by atoms with Crippen LogP contribution in [-0.2, 0) is 23.2 Å². The van der Waals surface area contributed by atoms with Crippen molar-refractivity contribution in [2.24, 2.45) is 11.8 Å². The number of benzene rings is 1. The van der Waals surface area contributed by atoms with E-state index in [0.29, 0.717) is 5.92 Å². The second-order valence-electron chi connectivity index (χ2n) is 12.5. The molecule has 214 valence electrons. The number of aliphatic carboxylic acids is 1. The van der Waals surface area contributed by atoms with E-state index in [-0.39, 0.29) is 29.1 Å². The molecule has 1 aliphatic heterocycles. The highest BCUT2D eigenvalue weighted by Gasteiger charge is 2.47. The van der Waals surface area contributed by atoms with Gasteiger partial charge in [-0.25, -0.2) is 9.07 Å². The molecule has 3 aliphatic rings. The number of likely N-dealkylation sites (tertiary alicyclic amines) is 1. The summed E-state index contributed by atoms with van der Waals surface area (Å²) < 4.78 is 22.0. The Morgan fingerprint density at radius 1 is 1.26 bits per heavy atom. The number of piperidine rings is 1. The molecule has 2 aliphatic carbocycles. The molecule has 2 heterocycles. The summed E-state index contributed by atoms with van der Waals surface area (Å²) >= 11 is 0. The number of aromatic nitrogens is 2. The molecule has 1 spiro atoms. The van der Waals surface area contributed by atoms with E-state index in [2.05, 4.69) is 16.7 Å². The minimum Gasteiger partial charge on any atom is -0.481 e. The van der Waals surface area contributed by atoms with E-state index < -0.39 is 12.0 Å². The number of aryl methyl sites for hydroxylation is 1. The first kappa shape index (κ1) is 28.1. The monoisotopic (exact) mass is 540 g/mol. The van der Waals surface area contributed by atoms with Crippen molar-refractivity contribution in [3.63, 3.8) is 0 Å². The van der Waals surface area contributed by atoms with Gasteiger partial charge >= 0.3 is 5.97 Å². The van der Waals surface area contributed by atoms with Crippen LogP contribution in [0.2, 0.25) is 0 Å². The Hall–Kier alpha value is -2.45. The number of carboxylic acid groups (broad SMARTS) is 1. The fraction of sp³-hybridized carbons (Fsp3) is 0.677. The minimum atomic E-state index is -0.766. The summed E-state index contributed by atoms with van der Waals surface area (Å²) in [5.74, 6) is 0.558. The lowest BCUT2D eigenvalue weighted by Gasteiger charge is -2.40. The molecule has 0 bridgehead atoms. The highest BCUT2D eigenvalue weighted by Crippen LogP contribution is 2.49. The molecule has 0 unspecified atom stereocenters. The zero-order chi connectivity index (χ0) is 27.9. The first-order chi connectivity index (χ1) is 18.7. The number of carboxylic acids is 1. The molecule has 1 aromatic carbocycles. The summed E-state index contributed by atoms with van der Waals surface area (Å²) in [6.07, 6.45) is 6.16. The fourth-order valence-corrected chi connectivity index (χ4v) is 7.97. The molecule has 5 rings (SSSR count). The van der Waals surface area contributed by atoms with Crippen LogP contribution < -0.4 is 4.74 Å². The van der Waals surface area contributed by atoms with Gasteiger partial charge < -0.3 is 14.7 Å². The lowest BCUT2D eigenvalue weighted by molar-refractivity contribution is -0.145. The van der Waals surface area contributed by atoms with Gasteiger partial charge in [-0.1, -0.05) is 26.0 Å². The predicted molar refractivity (Wildman–Crippen MR) is 150 cm³/mol. The molecule has 2 fully saturated rings. The Kier molecular flexibility index (Phi) is 8.07. The average molecular weight is 541 g/mol. The first-order valence-electron chi connectivity index (χ1n) is 14.7. The van der Waals surface area contributed by atoms with Gasteiger partial charge in [0.2, 0.25) is 5.88 Å². The summed E-state index contributed by atoms with van der Waals surface area (Å²) in [5.41, 5.74) is 3.75. The highest BCUT2D eigenvalue weighted by molar-refractivity contribution is 5.73. The first-order valence-corrected chi connectivity index (χ1v) is 14.7. The molecule has 4 atom stereocenters. The molecule has 39 heavy (non-hydrogen) atoms. The van der Waals surface area contributed by atoms with E-state index in [9.17, 15) is 14.3 Å². The van der Waals surface area contributed by atoms with Crippen molar-refractivity contribution in [3.05, 3.63) is 46.9 Å². The molecule has 0 amide bonds. The lowest BCUT2D eigenvalue weighted by Crippen LogP contribution is -2.47. The number of halogens is 1. The number of hydrogen-bond acceptors (Lipinski definition) is 5. The van der Waals surface area contributed by atoms with E-state index in [4.69, 9.17) is 9.84 Å². The Labute approximate surface area is 232 Å². The highest BCUT2D eigenvalue weighted by atomic mass is 19.1. The third-order valence-corrected chi connectivity index (χ3v) is 10.00. The number of hydrogen-bond donors (Lipinski definition) is 1. The Balaban J connectivity index is 1.31. The van der Waals surface area contributed by atoms with Gasteiger partial charge in [0.1, 0.15) is 11.9 Å². The van der Waals surface area contributed by atoms with Gasteiger partial charge in [0.15, 0.2) is 0 Å². The van der Waals surface area contributed by atoms with E-state index in [1.165, 1.54) is 17.3 Å². The molecule has 2 aromatic rings. The summed E-state index contributed by atoms with van der Waals surface area (Å²) in [6, 6.07) is 6.67. The number of methoxy groups -OCH3 is 1. The Morgan fingerprint density at radius 2 is 2.00 bits per heavy atom. The standard InChI is InChI=1S/C31H45FN4O3/c1-6-36-29(39-5)25-10-11-31(28(25)33-36)12-14-35(15-13-31)19-22-17-24(34(4)27(20(2)3)30(37)38)18-26(22)21-8-7-9-23(32)16-21/h7-9,16,20,22,24,26-27H,6,10-15,17-19H2,1-5H3,(H,37,38)/t22-,24+,26-,27-/m1/s1. The number of likely N-dealkylation sites (N-methyl/N-ethyl adjacent to an activating group) is 1. The Morgan fingerprint density at radius 3 is 2.62 bits per heavy atom. The normalized spacial score (nSPS) is 25.5. The molecule has 1 aromatic heterocycles. The summed E-state index contributed by atoms with van der Waals surface area (Å²) in [7, 11) is 3.71. The van der Waals surface area contributed by atoms with Gasteiger partial charge in [0, 0.05) is 30.1 Å². The van der Waals surface area contributed by atoms with Crippen LogP contribution in [0.15, 0.2) is 24.3 Å². The smallest absolute Gasteiger partial charge is 0.321 e. The van der Waals surface area contributed by atoms with E-state index in [1.807, 2.05) is 31.6 Å². The van der Waals surface area contributed by atoms with Gasteiger partial charge in [-0.05, 0) is 101 Å². The van der Waals surface area contributed by atoms with Crippen molar-refractivity contribution in [1.29, 1.82) is 0 Å². The molecule has 0 radical (unpaired) electrons. The third-order valence-electron chi connectivity index (χ3n) is 10.00. The summed E-state index contributed by atoms with van der Waals surface area (Å²) in [5, 5.41) is 14.9. The van der Waals surface area contributed by atoms with Crippen molar-refractivity contribution in [1.82, 2.24) is 19.6 Å². The van der Waals surface area contributed by atoms with Gasteiger partial charge in [-0.3, -0.25) is 9.69 Å². The number of ether oxygens (including phenoxy) is 1. The zero-order valence-corrected chi connectivity index (χ0v) is 24.2. The topological polar surface area (TPSA) is 70.8 Å². The van der Waals surface area contributed by atoms with Crippen molar-refractivity contribution < 1.29 is 19.0 Å². The van der Waals surface area contributed by atoms with E-state index in [0.717, 1.165) is 76.1 Å². The van der Waals surface area contributed by atoms with Gasteiger partial charge in [0.05, 0.1) is 12.8 Å². The number of rotatable bonds is 9. The molecule has 7 nitrogen and oxygen atoms in total. The van der Waals surface area contributed by atoms with Crippen molar-refractivity contribution in [3.8, 4) is 5.88 Å². The molecule has 1 saturated carbocycles. The average Bonchev–Trinajstić information content (AvgIpc) is 3.58. The van der Waals surface area contributed by atoms with Crippen molar-refractivity contribution >= 4 is 5.97 Å². The SMILES string of the molecule is CCn1nc2c(c1OC)CCC21CCN(C[C@H]2C[C@H](N(C)[C@@H](C(=O)O)C(C)C)C[C@@H]2c2cccc(F)c2)CC1. The summed E-state index contributed by atoms with van der Waals surface area (Å²) in [4.78, 5) is 16.8. The van der Waals surface area contributed by atoms with E-state index in [1.54, 1.807) is 19.2 Å². The number of carbonyl (C=O) groups is 1. The maximum absolute atomic E-state index is 14.3. The number of fused-ring (bicyclic) bond motifs is 2. The van der Waals surface area contributed by atoms with Crippen LogP contribution >= 0.6 is 0 Å². The maximum atomic E-state index is 14.3. The van der Waals surface area contributed by atoms with Crippen LogP contribution in [-0.4, -0.2) is 76.5 Å². The van der Waals surface area contributed by atoms with Crippen molar-refractivity contribution in [2.75, 3.05) is 33.8 Å². The lowest BCUT2D eigenvalue weighted by atomic mass is 9.76. The maximum Gasteiger partial charge on any atom is 0.321 e. The van der Waals surface area contributed by atoms with Crippen molar-refractivity contribution in [2.45, 2.75) is 89.3 Å². The third kappa shape index (κ3) is 5.22. The molecular formula is C31H45FN4O3. The largest absolute Gasteiger partial charge is 0.481 e. The van der Waals surface area contributed by atoms with Crippen LogP contribution in [0.4, 0.5) is 4.39 Å². The van der Waals surface area contributed by atoms with Crippen LogP contribution in [0.1, 0.15) is 75.6 Å². The van der Waals surface area contributed by atoms with Gasteiger partial charge in [0.25, 0.3) is 0 Å². The zero-order valence-electron chi connectivity index (χ0n) is 24.2. The predicted octanol–water partition coefficient (Wildman–Crippen LogP) is 4.93. The molecule has 8 heteroatoms.